The highest BCUT2D eigenvalue weighted by Crippen LogP contribution is 2.34. The first-order valence-corrected chi connectivity index (χ1v) is 9.84. The van der Waals surface area contributed by atoms with Crippen LogP contribution in [0.4, 0.5) is 24.9 Å². The number of hydrogen-bond donors (Lipinski definition) is 1. The summed E-state index contributed by atoms with van der Waals surface area (Å²) in [6.45, 7) is 3.06. The van der Waals surface area contributed by atoms with Crippen molar-refractivity contribution in [1.29, 1.82) is 0 Å². The standard InChI is InChI=1S/C20H21F3N6O/c1-11-10-28(2)18-17-15(5-6-29(11)17)26-19(27-18)25-12-7-14(8-12)30-13-3-4-16(24-9-13)20(21,22)23/h3-6,9,11-12,14H,7-8,10H2,1-2H3,(H,25,26,27)/t11-,12?,14?/m0/s1. The molecular weight excluding hydrogens is 397 g/mol. The zero-order valence-electron chi connectivity index (χ0n) is 16.5. The van der Waals surface area contributed by atoms with Gasteiger partial charge in [0, 0.05) is 44.7 Å². The number of rotatable bonds is 4. The quantitative estimate of drug-likeness (QED) is 0.694. The van der Waals surface area contributed by atoms with E-state index < -0.39 is 11.9 Å². The van der Waals surface area contributed by atoms with E-state index in [2.05, 4.69) is 37.9 Å². The van der Waals surface area contributed by atoms with Gasteiger partial charge < -0.3 is 19.5 Å². The summed E-state index contributed by atoms with van der Waals surface area (Å²) in [5.41, 5.74) is 1.03. The molecule has 30 heavy (non-hydrogen) atoms. The van der Waals surface area contributed by atoms with Crippen molar-refractivity contribution in [3.05, 3.63) is 36.3 Å². The van der Waals surface area contributed by atoms with Crippen LogP contribution < -0.4 is 15.0 Å². The third kappa shape index (κ3) is 3.29. The maximum atomic E-state index is 12.6. The van der Waals surface area contributed by atoms with Crippen LogP contribution in [-0.2, 0) is 6.18 Å². The molecule has 1 aliphatic heterocycles. The number of pyridine rings is 1. The lowest BCUT2D eigenvalue weighted by Crippen LogP contribution is -2.43. The van der Waals surface area contributed by atoms with Gasteiger partial charge in [-0.3, -0.25) is 0 Å². The molecule has 10 heteroatoms. The van der Waals surface area contributed by atoms with Crippen LogP contribution in [0.3, 0.4) is 0 Å². The number of halogens is 3. The van der Waals surface area contributed by atoms with E-state index in [-0.39, 0.29) is 12.1 Å². The highest BCUT2D eigenvalue weighted by molar-refractivity contribution is 5.89. The van der Waals surface area contributed by atoms with Crippen molar-refractivity contribution < 1.29 is 17.9 Å². The van der Waals surface area contributed by atoms with Gasteiger partial charge in [0.15, 0.2) is 5.82 Å². The fourth-order valence-electron chi connectivity index (χ4n) is 4.09. The van der Waals surface area contributed by atoms with Gasteiger partial charge in [0.25, 0.3) is 0 Å². The summed E-state index contributed by atoms with van der Waals surface area (Å²) in [6.07, 6.45) is 0.0739. The van der Waals surface area contributed by atoms with Crippen molar-refractivity contribution in [2.24, 2.45) is 0 Å². The maximum Gasteiger partial charge on any atom is 0.433 e. The van der Waals surface area contributed by atoms with Crippen molar-refractivity contribution in [2.45, 2.75) is 44.1 Å². The van der Waals surface area contributed by atoms with Gasteiger partial charge in [-0.2, -0.15) is 18.2 Å². The van der Waals surface area contributed by atoms with E-state index in [1.54, 1.807) is 0 Å². The minimum atomic E-state index is -4.45. The second-order valence-electron chi connectivity index (χ2n) is 7.99. The van der Waals surface area contributed by atoms with Crippen LogP contribution in [0.1, 0.15) is 31.5 Å². The monoisotopic (exact) mass is 418 g/mol. The molecule has 0 spiro atoms. The van der Waals surface area contributed by atoms with Gasteiger partial charge in [0.1, 0.15) is 23.1 Å². The first-order valence-electron chi connectivity index (χ1n) is 9.84. The van der Waals surface area contributed by atoms with Gasteiger partial charge in [0.05, 0.1) is 11.7 Å². The van der Waals surface area contributed by atoms with Gasteiger partial charge in [-0.05, 0) is 25.1 Å². The summed E-state index contributed by atoms with van der Waals surface area (Å²) in [5, 5.41) is 3.35. The zero-order chi connectivity index (χ0) is 21.0. The fourth-order valence-corrected chi connectivity index (χ4v) is 4.09. The SMILES string of the molecule is C[C@H]1CN(C)c2nc(NC3CC(Oc4ccc(C(F)(F)F)nc4)C3)nc3ccn1c23. The predicted molar refractivity (Wildman–Crippen MR) is 106 cm³/mol. The van der Waals surface area contributed by atoms with E-state index in [0.29, 0.717) is 30.6 Å². The van der Waals surface area contributed by atoms with E-state index in [1.807, 2.05) is 13.1 Å². The van der Waals surface area contributed by atoms with Gasteiger partial charge in [-0.15, -0.1) is 0 Å². The van der Waals surface area contributed by atoms with Crippen molar-refractivity contribution in [3.63, 3.8) is 0 Å². The van der Waals surface area contributed by atoms with Crippen LogP contribution in [0.15, 0.2) is 30.6 Å². The molecule has 0 unspecified atom stereocenters. The summed E-state index contributed by atoms with van der Waals surface area (Å²) >= 11 is 0. The lowest BCUT2D eigenvalue weighted by atomic mass is 9.89. The Bertz CT molecular complexity index is 1070. The largest absolute Gasteiger partial charge is 0.489 e. The average Bonchev–Trinajstić information content (AvgIpc) is 3.09. The van der Waals surface area contributed by atoms with Crippen LogP contribution in [0.25, 0.3) is 11.0 Å². The van der Waals surface area contributed by atoms with Crippen LogP contribution in [-0.4, -0.2) is 45.3 Å². The van der Waals surface area contributed by atoms with Gasteiger partial charge in [0.2, 0.25) is 5.95 Å². The minimum absolute atomic E-state index is 0.0762. The molecular formula is C20H21F3N6O. The summed E-state index contributed by atoms with van der Waals surface area (Å²) < 4.78 is 45.7. The van der Waals surface area contributed by atoms with Crippen molar-refractivity contribution >= 4 is 22.8 Å². The number of nitrogens with one attached hydrogen (secondary N) is 1. The maximum absolute atomic E-state index is 12.6. The summed E-state index contributed by atoms with van der Waals surface area (Å²) in [6, 6.07) is 4.76. The summed E-state index contributed by atoms with van der Waals surface area (Å²) in [5.74, 6) is 1.83. The highest BCUT2D eigenvalue weighted by Gasteiger charge is 2.34. The summed E-state index contributed by atoms with van der Waals surface area (Å²) in [7, 11) is 2.03. The van der Waals surface area contributed by atoms with E-state index in [1.165, 1.54) is 6.07 Å². The van der Waals surface area contributed by atoms with Crippen LogP contribution in [0.2, 0.25) is 0 Å². The third-order valence-electron chi connectivity index (χ3n) is 5.68. The van der Waals surface area contributed by atoms with E-state index in [9.17, 15) is 13.2 Å². The number of ether oxygens (including phenoxy) is 1. The lowest BCUT2D eigenvalue weighted by molar-refractivity contribution is -0.141. The van der Waals surface area contributed by atoms with Crippen molar-refractivity contribution in [1.82, 2.24) is 19.5 Å². The van der Waals surface area contributed by atoms with Crippen molar-refractivity contribution in [3.8, 4) is 5.75 Å². The Balaban J connectivity index is 1.22. The molecule has 1 fully saturated rings. The Morgan fingerprint density at radius 1 is 1.17 bits per heavy atom. The Labute approximate surface area is 170 Å². The number of aromatic nitrogens is 4. The molecule has 1 atom stereocenters. The molecule has 1 saturated carbocycles. The molecule has 2 aliphatic rings. The fraction of sp³-hybridized carbons (Fsp3) is 0.450. The van der Waals surface area contributed by atoms with E-state index in [4.69, 9.17) is 9.72 Å². The molecule has 7 nitrogen and oxygen atoms in total. The molecule has 0 radical (unpaired) electrons. The predicted octanol–water partition coefficient (Wildman–Crippen LogP) is 3.88. The van der Waals surface area contributed by atoms with Crippen molar-refractivity contribution in [2.75, 3.05) is 23.8 Å². The average molecular weight is 418 g/mol. The van der Waals surface area contributed by atoms with Crippen LogP contribution >= 0.6 is 0 Å². The number of likely N-dealkylation sites (N-methyl/N-ethyl adjacent to an activating group) is 1. The molecule has 4 heterocycles. The van der Waals surface area contributed by atoms with Gasteiger partial charge >= 0.3 is 6.18 Å². The lowest BCUT2D eigenvalue weighted by Gasteiger charge is -2.36. The van der Waals surface area contributed by atoms with Gasteiger partial charge in [-0.1, -0.05) is 0 Å². The first kappa shape index (κ1) is 19.0. The molecule has 158 valence electrons. The van der Waals surface area contributed by atoms with E-state index >= 15 is 0 Å². The molecule has 1 aliphatic carbocycles. The number of alkyl halides is 3. The molecule has 0 bridgehead atoms. The minimum Gasteiger partial charge on any atom is -0.489 e. The van der Waals surface area contributed by atoms with Crippen LogP contribution in [0, 0.1) is 0 Å². The summed E-state index contributed by atoms with van der Waals surface area (Å²) in [4.78, 5) is 14.9. The number of anilines is 2. The first-order chi connectivity index (χ1) is 14.3. The molecule has 1 N–H and O–H groups in total. The molecule has 3 aromatic heterocycles. The second-order valence-corrected chi connectivity index (χ2v) is 7.99. The smallest absolute Gasteiger partial charge is 0.433 e. The third-order valence-corrected chi connectivity index (χ3v) is 5.68. The molecule has 0 aromatic carbocycles. The number of hydrogen-bond acceptors (Lipinski definition) is 6. The molecule has 0 amide bonds. The zero-order valence-corrected chi connectivity index (χ0v) is 16.5. The Kier molecular flexibility index (Phi) is 4.26. The Hall–Kier alpha value is -3.04. The second kappa shape index (κ2) is 6.75. The number of nitrogens with zero attached hydrogens (tertiary/aromatic N) is 5. The van der Waals surface area contributed by atoms with E-state index in [0.717, 1.165) is 35.7 Å². The normalized spacial score (nSPS) is 23.4. The Morgan fingerprint density at radius 2 is 1.97 bits per heavy atom. The van der Waals surface area contributed by atoms with Gasteiger partial charge in [-0.25, -0.2) is 9.97 Å². The highest BCUT2D eigenvalue weighted by atomic mass is 19.4. The molecule has 5 rings (SSSR count). The Morgan fingerprint density at radius 3 is 2.67 bits per heavy atom. The molecule has 0 saturated heterocycles. The topological polar surface area (TPSA) is 68.1 Å². The molecule has 3 aromatic rings. The van der Waals surface area contributed by atoms with Crippen LogP contribution in [0.5, 0.6) is 5.75 Å².